The number of pyridine rings is 2. The lowest BCUT2D eigenvalue weighted by Gasteiger charge is -2.32. The van der Waals surface area contributed by atoms with E-state index in [1.165, 1.54) is 6.20 Å². The van der Waals surface area contributed by atoms with Gasteiger partial charge in [0.15, 0.2) is 5.65 Å². The summed E-state index contributed by atoms with van der Waals surface area (Å²) in [6, 6.07) is 7.23. The number of carbonyl (C=O) groups excluding carboxylic acids is 1. The van der Waals surface area contributed by atoms with E-state index < -0.39 is 5.91 Å². The second-order valence-corrected chi connectivity index (χ2v) is 6.80. The fourth-order valence-corrected chi connectivity index (χ4v) is 3.44. The Morgan fingerprint density at radius 3 is 2.81 bits per heavy atom. The molecule has 0 spiro atoms. The average Bonchev–Trinajstić information content (AvgIpc) is 3.04. The first kappa shape index (κ1) is 17.3. The van der Waals surface area contributed by atoms with Gasteiger partial charge in [-0.2, -0.15) is 0 Å². The number of ether oxygens (including phenoxy) is 1. The van der Waals surface area contributed by atoms with E-state index in [2.05, 4.69) is 19.4 Å². The van der Waals surface area contributed by atoms with Crippen molar-refractivity contribution in [2.45, 2.75) is 12.8 Å². The first-order valence-electron chi connectivity index (χ1n) is 9.03. The quantitative estimate of drug-likeness (QED) is 0.739. The van der Waals surface area contributed by atoms with Crippen LogP contribution in [0, 0.1) is 5.92 Å². The zero-order chi connectivity index (χ0) is 18.8. The molecule has 4 heterocycles. The second kappa shape index (κ2) is 7.22. The number of nitrogens with two attached hydrogens (primary N) is 1. The van der Waals surface area contributed by atoms with Crippen molar-refractivity contribution < 1.29 is 9.53 Å². The summed E-state index contributed by atoms with van der Waals surface area (Å²) < 4.78 is 7.90. The summed E-state index contributed by atoms with van der Waals surface area (Å²) in [5.41, 5.74) is 7.30. The highest BCUT2D eigenvalue weighted by Crippen LogP contribution is 2.25. The molecule has 0 aromatic carbocycles. The van der Waals surface area contributed by atoms with E-state index in [-0.39, 0.29) is 5.69 Å². The predicted molar refractivity (Wildman–Crippen MR) is 102 cm³/mol. The topological polar surface area (TPSA) is 99.2 Å². The van der Waals surface area contributed by atoms with E-state index in [9.17, 15) is 4.79 Å². The van der Waals surface area contributed by atoms with Gasteiger partial charge in [0.1, 0.15) is 17.0 Å². The number of hydrogen-bond donors (Lipinski definition) is 1. The van der Waals surface area contributed by atoms with Gasteiger partial charge in [-0.15, -0.1) is 0 Å². The van der Waals surface area contributed by atoms with Gasteiger partial charge in [-0.25, -0.2) is 9.97 Å². The molecule has 3 aromatic heterocycles. The highest BCUT2D eigenvalue weighted by molar-refractivity contribution is 5.91. The molecular weight excluding hydrogens is 344 g/mol. The Morgan fingerprint density at radius 2 is 2.07 bits per heavy atom. The summed E-state index contributed by atoms with van der Waals surface area (Å²) in [5.74, 6) is 1.50. The number of aromatic nitrogens is 4. The van der Waals surface area contributed by atoms with Crippen LogP contribution in [0.3, 0.4) is 0 Å². The number of imidazole rings is 1. The van der Waals surface area contributed by atoms with Crippen LogP contribution in [0.25, 0.3) is 11.2 Å². The van der Waals surface area contributed by atoms with Gasteiger partial charge in [0.05, 0.1) is 6.61 Å². The van der Waals surface area contributed by atoms with Crippen LogP contribution in [0.5, 0.6) is 5.75 Å². The first-order valence-corrected chi connectivity index (χ1v) is 9.03. The van der Waals surface area contributed by atoms with Crippen LogP contribution in [0.1, 0.15) is 23.3 Å². The molecule has 0 radical (unpaired) electrons. The van der Waals surface area contributed by atoms with Crippen molar-refractivity contribution in [3.05, 3.63) is 42.4 Å². The summed E-state index contributed by atoms with van der Waals surface area (Å²) in [6.07, 6.45) is 5.37. The summed E-state index contributed by atoms with van der Waals surface area (Å²) in [5, 5.41) is 0. The fraction of sp³-hybridized carbons (Fsp3) is 0.368. The minimum atomic E-state index is -0.550. The Hall–Kier alpha value is -3.16. The summed E-state index contributed by atoms with van der Waals surface area (Å²) in [4.78, 5) is 26.6. The van der Waals surface area contributed by atoms with Gasteiger partial charge in [-0.1, -0.05) is 0 Å². The van der Waals surface area contributed by atoms with Gasteiger partial charge >= 0.3 is 0 Å². The number of primary amides is 1. The standard InChI is InChI=1S/C19H22N6O2/c1-24-18-15(3-2-7-22-18)23-19(24)25-9-5-13(6-10-25)12-27-14-4-8-21-16(11-14)17(20)26/h2-4,7-8,11,13H,5-6,9-10,12H2,1H3,(H2,20,26). The van der Waals surface area contributed by atoms with Crippen LogP contribution in [-0.2, 0) is 7.05 Å². The summed E-state index contributed by atoms with van der Waals surface area (Å²) in [6.45, 7) is 2.46. The van der Waals surface area contributed by atoms with E-state index in [0.717, 1.165) is 43.0 Å². The molecule has 1 aliphatic heterocycles. The van der Waals surface area contributed by atoms with Crippen LogP contribution in [0.15, 0.2) is 36.7 Å². The molecule has 140 valence electrons. The Kier molecular flexibility index (Phi) is 4.62. The van der Waals surface area contributed by atoms with E-state index in [0.29, 0.717) is 18.3 Å². The molecule has 1 aliphatic rings. The Morgan fingerprint density at radius 1 is 1.26 bits per heavy atom. The molecule has 2 N–H and O–H groups in total. The van der Waals surface area contributed by atoms with E-state index in [1.807, 2.05) is 19.2 Å². The van der Waals surface area contributed by atoms with E-state index >= 15 is 0 Å². The van der Waals surface area contributed by atoms with Crippen molar-refractivity contribution in [2.24, 2.45) is 18.7 Å². The van der Waals surface area contributed by atoms with Crippen LogP contribution in [-0.4, -0.2) is 45.1 Å². The number of amides is 1. The lowest BCUT2D eigenvalue weighted by Crippen LogP contribution is -2.37. The van der Waals surface area contributed by atoms with Crippen LogP contribution in [0.2, 0.25) is 0 Å². The van der Waals surface area contributed by atoms with Gasteiger partial charge in [0.25, 0.3) is 5.91 Å². The molecule has 1 amide bonds. The Bertz CT molecular complexity index is 962. The van der Waals surface area contributed by atoms with Gasteiger partial charge in [0.2, 0.25) is 5.95 Å². The number of carbonyl (C=O) groups is 1. The molecule has 3 aromatic rings. The van der Waals surface area contributed by atoms with Crippen LogP contribution in [0.4, 0.5) is 5.95 Å². The van der Waals surface area contributed by atoms with Crippen molar-refractivity contribution in [2.75, 3.05) is 24.6 Å². The maximum atomic E-state index is 11.2. The molecule has 0 aliphatic carbocycles. The third-order valence-corrected chi connectivity index (χ3v) is 4.97. The van der Waals surface area contributed by atoms with Gasteiger partial charge in [0, 0.05) is 38.6 Å². The van der Waals surface area contributed by atoms with Gasteiger partial charge in [-0.3, -0.25) is 14.3 Å². The third-order valence-electron chi connectivity index (χ3n) is 4.97. The number of rotatable bonds is 5. The molecule has 27 heavy (non-hydrogen) atoms. The highest BCUT2D eigenvalue weighted by atomic mass is 16.5. The Balaban J connectivity index is 1.35. The zero-order valence-electron chi connectivity index (χ0n) is 15.2. The van der Waals surface area contributed by atoms with Crippen LogP contribution >= 0.6 is 0 Å². The molecule has 0 unspecified atom stereocenters. The lowest BCUT2D eigenvalue weighted by molar-refractivity contribution is 0.0995. The third kappa shape index (κ3) is 3.55. The number of hydrogen-bond acceptors (Lipinski definition) is 6. The number of aryl methyl sites for hydroxylation is 1. The molecule has 4 rings (SSSR count). The predicted octanol–water partition coefficient (Wildman–Crippen LogP) is 1.76. The zero-order valence-corrected chi connectivity index (χ0v) is 15.2. The first-order chi connectivity index (χ1) is 13.1. The monoisotopic (exact) mass is 366 g/mol. The average molecular weight is 366 g/mol. The van der Waals surface area contributed by atoms with Crippen LogP contribution < -0.4 is 15.4 Å². The summed E-state index contributed by atoms with van der Waals surface area (Å²) in [7, 11) is 2.01. The maximum absolute atomic E-state index is 11.2. The Labute approximate surface area is 157 Å². The smallest absolute Gasteiger partial charge is 0.267 e. The van der Waals surface area contributed by atoms with Crippen molar-refractivity contribution >= 4 is 23.0 Å². The normalized spacial score (nSPS) is 15.2. The van der Waals surface area contributed by atoms with Crippen molar-refractivity contribution in [3.8, 4) is 5.75 Å². The van der Waals surface area contributed by atoms with E-state index in [4.69, 9.17) is 15.5 Å². The summed E-state index contributed by atoms with van der Waals surface area (Å²) >= 11 is 0. The number of nitrogens with zero attached hydrogens (tertiary/aromatic N) is 5. The van der Waals surface area contributed by atoms with Crippen molar-refractivity contribution in [3.63, 3.8) is 0 Å². The molecule has 1 fully saturated rings. The largest absolute Gasteiger partial charge is 0.493 e. The maximum Gasteiger partial charge on any atom is 0.267 e. The van der Waals surface area contributed by atoms with E-state index in [1.54, 1.807) is 18.3 Å². The SMILES string of the molecule is Cn1c(N2CCC(COc3ccnc(C(N)=O)c3)CC2)nc2cccnc21. The molecule has 1 saturated heterocycles. The van der Waals surface area contributed by atoms with Gasteiger partial charge in [-0.05, 0) is 37.0 Å². The molecule has 0 atom stereocenters. The number of anilines is 1. The number of piperidine rings is 1. The minimum Gasteiger partial charge on any atom is -0.493 e. The van der Waals surface area contributed by atoms with Crippen molar-refractivity contribution in [1.29, 1.82) is 0 Å². The van der Waals surface area contributed by atoms with Gasteiger partial charge < -0.3 is 15.4 Å². The lowest BCUT2D eigenvalue weighted by atomic mass is 9.98. The second-order valence-electron chi connectivity index (χ2n) is 6.80. The molecule has 8 heteroatoms. The number of fused-ring (bicyclic) bond motifs is 1. The molecule has 8 nitrogen and oxygen atoms in total. The fourth-order valence-electron chi connectivity index (χ4n) is 3.44. The molecule has 0 saturated carbocycles. The van der Waals surface area contributed by atoms with Crippen molar-refractivity contribution in [1.82, 2.24) is 19.5 Å². The molecular formula is C19H22N6O2. The highest BCUT2D eigenvalue weighted by Gasteiger charge is 2.23. The molecule has 0 bridgehead atoms. The minimum absolute atomic E-state index is 0.220.